The third-order valence-corrected chi connectivity index (χ3v) is 3.87. The monoisotopic (exact) mass is 268 g/mol. The molecule has 0 saturated carbocycles. The van der Waals surface area contributed by atoms with Crippen LogP contribution in [0, 0.1) is 0 Å². The highest BCUT2D eigenvalue weighted by Crippen LogP contribution is 2.28. The second-order valence-electron chi connectivity index (χ2n) is 4.31. The lowest BCUT2D eigenvalue weighted by molar-refractivity contribution is 0.413. The summed E-state index contributed by atoms with van der Waals surface area (Å²) >= 11 is 1.89. The van der Waals surface area contributed by atoms with Crippen LogP contribution in [0.25, 0.3) is 0 Å². The van der Waals surface area contributed by atoms with Gasteiger partial charge in [-0.3, -0.25) is 0 Å². The van der Waals surface area contributed by atoms with Crippen molar-refractivity contribution in [1.29, 1.82) is 0 Å². The number of hydrogen-bond donors (Lipinski definition) is 1. The lowest BCUT2D eigenvalue weighted by Crippen LogP contribution is -2.38. The van der Waals surface area contributed by atoms with E-state index < -0.39 is 0 Å². The minimum absolute atomic E-state index is 0.369. The summed E-state index contributed by atoms with van der Waals surface area (Å²) in [5.41, 5.74) is 7.01. The van der Waals surface area contributed by atoms with E-state index in [4.69, 9.17) is 10.5 Å². The van der Waals surface area contributed by atoms with E-state index in [1.807, 2.05) is 30.0 Å². The van der Waals surface area contributed by atoms with Crippen LogP contribution in [0.5, 0.6) is 5.75 Å². The Bertz CT molecular complexity index is 346. The average Bonchev–Trinajstić information content (AvgIpc) is 2.43. The first-order valence-corrected chi connectivity index (χ1v) is 7.68. The van der Waals surface area contributed by atoms with Crippen molar-refractivity contribution in [3.63, 3.8) is 0 Å². The van der Waals surface area contributed by atoms with Crippen molar-refractivity contribution in [2.75, 3.05) is 37.6 Å². The van der Waals surface area contributed by atoms with Crippen molar-refractivity contribution < 1.29 is 4.74 Å². The maximum atomic E-state index is 5.90. The first-order valence-electron chi connectivity index (χ1n) is 6.29. The zero-order chi connectivity index (χ0) is 13.4. The molecule has 0 saturated heterocycles. The Morgan fingerprint density at radius 2 is 2.11 bits per heavy atom. The fourth-order valence-corrected chi connectivity index (χ4v) is 2.51. The van der Waals surface area contributed by atoms with E-state index in [0.717, 1.165) is 17.9 Å². The Morgan fingerprint density at radius 3 is 2.72 bits per heavy atom. The minimum Gasteiger partial charge on any atom is -0.495 e. The second-order valence-corrected chi connectivity index (χ2v) is 5.29. The van der Waals surface area contributed by atoms with E-state index in [9.17, 15) is 0 Å². The zero-order valence-corrected chi connectivity index (χ0v) is 12.4. The van der Waals surface area contributed by atoms with E-state index in [0.29, 0.717) is 12.6 Å². The van der Waals surface area contributed by atoms with Gasteiger partial charge in [-0.2, -0.15) is 11.8 Å². The SMILES string of the molecule is COc1ccccc1N(C)C(CN)CCCSC. The summed E-state index contributed by atoms with van der Waals surface area (Å²) in [7, 11) is 3.80. The van der Waals surface area contributed by atoms with Gasteiger partial charge in [0, 0.05) is 19.6 Å². The molecule has 0 fully saturated rings. The summed E-state index contributed by atoms with van der Waals surface area (Å²) in [4.78, 5) is 2.24. The smallest absolute Gasteiger partial charge is 0.142 e. The number of hydrogen-bond acceptors (Lipinski definition) is 4. The maximum absolute atomic E-state index is 5.90. The number of para-hydroxylation sites is 2. The summed E-state index contributed by atoms with van der Waals surface area (Å²) in [5, 5.41) is 0. The van der Waals surface area contributed by atoms with Crippen LogP contribution in [0.1, 0.15) is 12.8 Å². The molecule has 0 heterocycles. The standard InChI is InChI=1S/C14H24N2OS/c1-16(12(11-15)7-6-10-18-3)13-8-4-5-9-14(13)17-2/h4-5,8-9,12H,6-7,10-11,15H2,1-3H3. The Balaban J connectivity index is 2.72. The molecular weight excluding hydrogens is 244 g/mol. The first kappa shape index (κ1) is 15.2. The largest absolute Gasteiger partial charge is 0.495 e. The zero-order valence-electron chi connectivity index (χ0n) is 11.6. The highest BCUT2D eigenvalue weighted by atomic mass is 32.2. The average molecular weight is 268 g/mol. The predicted octanol–water partition coefficient (Wildman–Crippen LogP) is 2.60. The van der Waals surface area contributed by atoms with Crippen LogP contribution in [0.15, 0.2) is 24.3 Å². The van der Waals surface area contributed by atoms with Crippen molar-refractivity contribution in [3.05, 3.63) is 24.3 Å². The fraction of sp³-hybridized carbons (Fsp3) is 0.571. The molecule has 1 aromatic rings. The molecule has 3 nitrogen and oxygen atoms in total. The molecule has 0 aliphatic carbocycles. The Labute approximate surface area is 115 Å². The quantitative estimate of drug-likeness (QED) is 0.736. The molecule has 1 rings (SSSR count). The molecule has 0 aliphatic heterocycles. The number of nitrogens with zero attached hydrogens (tertiary/aromatic N) is 1. The third-order valence-electron chi connectivity index (χ3n) is 3.17. The van der Waals surface area contributed by atoms with Gasteiger partial charge in [-0.05, 0) is 37.0 Å². The number of benzene rings is 1. The summed E-state index contributed by atoms with van der Waals surface area (Å²) in [6.45, 7) is 0.670. The minimum atomic E-state index is 0.369. The number of ether oxygens (including phenoxy) is 1. The lowest BCUT2D eigenvalue weighted by Gasteiger charge is -2.30. The molecule has 1 unspecified atom stereocenters. The van der Waals surface area contributed by atoms with E-state index in [1.54, 1.807) is 7.11 Å². The van der Waals surface area contributed by atoms with Gasteiger partial charge in [-0.15, -0.1) is 0 Å². The van der Waals surface area contributed by atoms with Crippen molar-refractivity contribution in [3.8, 4) is 5.75 Å². The molecule has 0 amide bonds. The maximum Gasteiger partial charge on any atom is 0.142 e. The van der Waals surface area contributed by atoms with Crippen LogP contribution in [-0.4, -0.2) is 38.8 Å². The van der Waals surface area contributed by atoms with Gasteiger partial charge in [-0.25, -0.2) is 0 Å². The van der Waals surface area contributed by atoms with Crippen LogP contribution < -0.4 is 15.4 Å². The number of nitrogens with two attached hydrogens (primary N) is 1. The molecule has 102 valence electrons. The molecule has 4 heteroatoms. The fourth-order valence-electron chi connectivity index (χ4n) is 2.05. The number of thioether (sulfide) groups is 1. The number of likely N-dealkylation sites (N-methyl/N-ethyl adjacent to an activating group) is 1. The number of methoxy groups -OCH3 is 1. The Kier molecular flexibility index (Phi) is 6.98. The van der Waals surface area contributed by atoms with Crippen LogP contribution in [0.3, 0.4) is 0 Å². The van der Waals surface area contributed by atoms with Gasteiger partial charge in [-0.1, -0.05) is 12.1 Å². The molecule has 0 bridgehead atoms. The van der Waals surface area contributed by atoms with Crippen LogP contribution in [0.2, 0.25) is 0 Å². The molecule has 1 atom stereocenters. The molecule has 0 radical (unpaired) electrons. The molecule has 18 heavy (non-hydrogen) atoms. The van der Waals surface area contributed by atoms with Crippen LogP contribution in [0.4, 0.5) is 5.69 Å². The molecule has 0 spiro atoms. The van der Waals surface area contributed by atoms with Gasteiger partial charge in [0.05, 0.1) is 12.8 Å². The van der Waals surface area contributed by atoms with Gasteiger partial charge in [0.25, 0.3) is 0 Å². The van der Waals surface area contributed by atoms with Crippen LogP contribution in [-0.2, 0) is 0 Å². The number of anilines is 1. The van der Waals surface area contributed by atoms with Gasteiger partial charge in [0.2, 0.25) is 0 Å². The van der Waals surface area contributed by atoms with Crippen LogP contribution >= 0.6 is 11.8 Å². The lowest BCUT2D eigenvalue weighted by atomic mass is 10.1. The van der Waals surface area contributed by atoms with Crippen molar-refractivity contribution in [2.45, 2.75) is 18.9 Å². The van der Waals surface area contributed by atoms with Gasteiger partial charge >= 0.3 is 0 Å². The summed E-state index contributed by atoms with van der Waals surface area (Å²) in [5.74, 6) is 2.10. The molecule has 2 N–H and O–H groups in total. The van der Waals surface area contributed by atoms with E-state index in [1.165, 1.54) is 12.2 Å². The summed E-state index contributed by atoms with van der Waals surface area (Å²) < 4.78 is 5.40. The first-order chi connectivity index (χ1) is 8.74. The summed E-state index contributed by atoms with van der Waals surface area (Å²) in [6, 6.07) is 8.45. The topological polar surface area (TPSA) is 38.5 Å². The van der Waals surface area contributed by atoms with Gasteiger partial charge in [0.1, 0.15) is 5.75 Å². The summed E-state index contributed by atoms with van der Waals surface area (Å²) in [6.07, 6.45) is 4.45. The molecule has 1 aromatic carbocycles. The van der Waals surface area contributed by atoms with Gasteiger partial charge in [0.15, 0.2) is 0 Å². The molecule has 0 aliphatic rings. The number of rotatable bonds is 8. The second kappa shape index (κ2) is 8.27. The molecule has 0 aromatic heterocycles. The Hall–Kier alpha value is -0.870. The van der Waals surface area contributed by atoms with E-state index in [2.05, 4.69) is 24.3 Å². The normalized spacial score (nSPS) is 12.2. The van der Waals surface area contributed by atoms with E-state index in [-0.39, 0.29) is 0 Å². The third kappa shape index (κ3) is 4.10. The highest BCUT2D eigenvalue weighted by Gasteiger charge is 2.16. The van der Waals surface area contributed by atoms with E-state index >= 15 is 0 Å². The van der Waals surface area contributed by atoms with Crippen molar-refractivity contribution in [1.82, 2.24) is 0 Å². The van der Waals surface area contributed by atoms with Crippen molar-refractivity contribution in [2.24, 2.45) is 5.73 Å². The van der Waals surface area contributed by atoms with Crippen molar-refractivity contribution >= 4 is 17.4 Å². The Morgan fingerprint density at radius 1 is 1.39 bits per heavy atom. The molecular formula is C14H24N2OS. The predicted molar refractivity (Wildman–Crippen MR) is 81.9 cm³/mol. The highest BCUT2D eigenvalue weighted by molar-refractivity contribution is 7.98. The van der Waals surface area contributed by atoms with Gasteiger partial charge < -0.3 is 15.4 Å².